The molecule has 0 heterocycles. The van der Waals surface area contributed by atoms with Crippen LogP contribution in [0, 0.1) is 11.7 Å². The van der Waals surface area contributed by atoms with Crippen molar-refractivity contribution >= 4 is 11.6 Å². The molecule has 4 heteroatoms. The van der Waals surface area contributed by atoms with Crippen LogP contribution in [0.15, 0.2) is 18.2 Å². The first-order chi connectivity index (χ1) is 9.99. The third-order valence-electron chi connectivity index (χ3n) is 3.51. The summed E-state index contributed by atoms with van der Waals surface area (Å²) in [5, 5.41) is 3.71. The van der Waals surface area contributed by atoms with Gasteiger partial charge in [0.2, 0.25) is 0 Å². The molecule has 1 aromatic rings. The highest BCUT2D eigenvalue weighted by Gasteiger charge is 2.25. The van der Waals surface area contributed by atoms with Gasteiger partial charge >= 0.3 is 0 Å². The van der Waals surface area contributed by atoms with E-state index in [1.807, 2.05) is 13.0 Å². The molecule has 2 unspecified atom stereocenters. The van der Waals surface area contributed by atoms with Crippen LogP contribution in [0.3, 0.4) is 0 Å². The van der Waals surface area contributed by atoms with E-state index in [0.717, 1.165) is 24.9 Å². The second-order valence-electron chi connectivity index (χ2n) is 5.68. The normalized spacial score (nSPS) is 14.4. The van der Waals surface area contributed by atoms with Crippen molar-refractivity contribution in [1.82, 2.24) is 5.32 Å². The maximum absolute atomic E-state index is 13.6. The molecule has 1 aromatic carbocycles. The highest BCUT2D eigenvalue weighted by Crippen LogP contribution is 2.20. The van der Waals surface area contributed by atoms with Gasteiger partial charge in [-0.15, -0.1) is 0 Å². The van der Waals surface area contributed by atoms with Crippen molar-refractivity contribution in [2.45, 2.75) is 52.7 Å². The van der Waals surface area contributed by atoms with E-state index in [4.69, 9.17) is 16.3 Å². The lowest BCUT2D eigenvalue weighted by molar-refractivity contribution is 0.00361. The molecule has 0 bridgehead atoms. The van der Waals surface area contributed by atoms with Crippen LogP contribution < -0.4 is 5.32 Å². The molecule has 0 aliphatic heterocycles. The lowest BCUT2D eigenvalue weighted by atomic mass is 9.93. The summed E-state index contributed by atoms with van der Waals surface area (Å²) in [5.74, 6) is 0.0392. The van der Waals surface area contributed by atoms with E-state index in [1.165, 1.54) is 6.07 Å². The molecular formula is C17H27ClFNO. The number of hydrogen-bond donors (Lipinski definition) is 1. The lowest BCUT2D eigenvalue weighted by Crippen LogP contribution is -2.46. The summed E-state index contributed by atoms with van der Waals surface area (Å²) in [7, 11) is 0. The number of halogens is 2. The third kappa shape index (κ3) is 5.93. The van der Waals surface area contributed by atoms with Crippen molar-refractivity contribution in [2.75, 3.05) is 13.2 Å². The molecule has 0 amide bonds. The molecule has 0 aliphatic rings. The van der Waals surface area contributed by atoms with E-state index in [-0.39, 0.29) is 23.0 Å². The molecule has 0 fully saturated rings. The van der Waals surface area contributed by atoms with Crippen LogP contribution in [0.1, 0.15) is 39.7 Å². The maximum Gasteiger partial charge on any atom is 0.142 e. The van der Waals surface area contributed by atoms with Crippen LogP contribution in [0.4, 0.5) is 4.39 Å². The molecule has 21 heavy (non-hydrogen) atoms. The van der Waals surface area contributed by atoms with E-state index >= 15 is 0 Å². The molecular weight excluding hydrogens is 289 g/mol. The Hall–Kier alpha value is -0.640. The minimum Gasteiger partial charge on any atom is -0.377 e. The van der Waals surface area contributed by atoms with Gasteiger partial charge in [0, 0.05) is 12.6 Å². The number of hydrogen-bond acceptors (Lipinski definition) is 2. The average molecular weight is 316 g/mol. The van der Waals surface area contributed by atoms with Crippen molar-refractivity contribution in [3.05, 3.63) is 34.6 Å². The molecule has 0 saturated carbocycles. The second-order valence-corrected chi connectivity index (χ2v) is 6.08. The monoisotopic (exact) mass is 315 g/mol. The Labute approximate surface area is 133 Å². The fourth-order valence-corrected chi connectivity index (χ4v) is 2.64. The average Bonchev–Trinajstić information content (AvgIpc) is 2.44. The minimum absolute atomic E-state index is 0.111. The molecule has 1 rings (SSSR count). The van der Waals surface area contributed by atoms with Crippen molar-refractivity contribution in [2.24, 2.45) is 5.92 Å². The zero-order valence-electron chi connectivity index (χ0n) is 13.5. The fraction of sp³-hybridized carbons (Fsp3) is 0.647. The largest absolute Gasteiger partial charge is 0.377 e. The Bertz CT molecular complexity index is 425. The summed E-state index contributed by atoms with van der Waals surface area (Å²) >= 11 is 5.75. The predicted molar refractivity (Wildman–Crippen MR) is 87.4 cm³/mol. The van der Waals surface area contributed by atoms with Gasteiger partial charge in [-0.25, -0.2) is 4.39 Å². The van der Waals surface area contributed by atoms with Crippen LogP contribution in [0.25, 0.3) is 0 Å². The predicted octanol–water partition coefficient (Wildman–Crippen LogP) is 4.45. The first-order valence-electron chi connectivity index (χ1n) is 7.78. The Kier molecular flexibility index (Phi) is 8.23. The van der Waals surface area contributed by atoms with Crippen LogP contribution >= 0.6 is 11.6 Å². The molecule has 120 valence electrons. The van der Waals surface area contributed by atoms with Crippen LogP contribution in [0.5, 0.6) is 0 Å². The van der Waals surface area contributed by atoms with Gasteiger partial charge in [0.15, 0.2) is 0 Å². The van der Waals surface area contributed by atoms with E-state index < -0.39 is 0 Å². The van der Waals surface area contributed by atoms with Crippen molar-refractivity contribution < 1.29 is 9.13 Å². The Morgan fingerprint density at radius 2 is 2.00 bits per heavy atom. The molecule has 0 aromatic heterocycles. The summed E-state index contributed by atoms with van der Waals surface area (Å²) in [6.45, 7) is 10.1. The van der Waals surface area contributed by atoms with Gasteiger partial charge < -0.3 is 10.1 Å². The number of benzene rings is 1. The molecule has 0 radical (unpaired) electrons. The Balaban J connectivity index is 2.87. The van der Waals surface area contributed by atoms with Crippen LogP contribution in [-0.2, 0) is 11.2 Å². The number of rotatable bonds is 9. The second kappa shape index (κ2) is 9.39. The Morgan fingerprint density at radius 3 is 2.52 bits per heavy atom. The van der Waals surface area contributed by atoms with Gasteiger partial charge in [-0.2, -0.15) is 0 Å². The van der Waals surface area contributed by atoms with Crippen molar-refractivity contribution in [3.8, 4) is 0 Å². The molecule has 2 atom stereocenters. The summed E-state index contributed by atoms with van der Waals surface area (Å²) in [4.78, 5) is 0. The van der Waals surface area contributed by atoms with Crippen molar-refractivity contribution in [1.29, 1.82) is 0 Å². The SMILES string of the molecule is CCCNC(Cc1ccc(Cl)c(F)c1)C(OCC)C(C)C. The van der Waals surface area contributed by atoms with Gasteiger partial charge in [-0.3, -0.25) is 0 Å². The summed E-state index contributed by atoms with van der Waals surface area (Å²) in [6.07, 6.45) is 1.90. The van der Waals surface area contributed by atoms with Crippen LogP contribution in [-0.4, -0.2) is 25.3 Å². The highest BCUT2D eigenvalue weighted by molar-refractivity contribution is 6.30. The molecule has 0 aliphatic carbocycles. The third-order valence-corrected chi connectivity index (χ3v) is 3.82. The molecule has 0 spiro atoms. The molecule has 0 saturated heterocycles. The van der Waals surface area contributed by atoms with E-state index in [9.17, 15) is 4.39 Å². The standard InChI is InChI=1S/C17H27ClFNO/c1-5-9-20-16(17(12(3)4)21-6-2)11-13-7-8-14(18)15(19)10-13/h7-8,10,12,16-17,20H,5-6,9,11H2,1-4H3. The van der Waals surface area contributed by atoms with Gasteiger partial charge in [0.25, 0.3) is 0 Å². The van der Waals surface area contributed by atoms with E-state index in [0.29, 0.717) is 12.5 Å². The van der Waals surface area contributed by atoms with Crippen LogP contribution in [0.2, 0.25) is 5.02 Å². The van der Waals surface area contributed by atoms with Gasteiger partial charge in [-0.05, 0) is 49.9 Å². The fourth-order valence-electron chi connectivity index (χ4n) is 2.52. The van der Waals surface area contributed by atoms with E-state index in [2.05, 4.69) is 26.1 Å². The van der Waals surface area contributed by atoms with Crippen molar-refractivity contribution in [3.63, 3.8) is 0 Å². The number of ether oxygens (including phenoxy) is 1. The Morgan fingerprint density at radius 1 is 1.29 bits per heavy atom. The zero-order chi connectivity index (χ0) is 15.8. The summed E-state index contributed by atoms with van der Waals surface area (Å²) in [5.41, 5.74) is 0.941. The van der Waals surface area contributed by atoms with Gasteiger partial charge in [-0.1, -0.05) is 38.4 Å². The maximum atomic E-state index is 13.6. The van der Waals surface area contributed by atoms with E-state index in [1.54, 1.807) is 6.07 Å². The number of nitrogens with one attached hydrogen (secondary N) is 1. The molecule has 2 nitrogen and oxygen atoms in total. The quantitative estimate of drug-likeness (QED) is 0.727. The first kappa shape index (κ1) is 18.4. The van der Waals surface area contributed by atoms with Gasteiger partial charge in [0.05, 0.1) is 11.1 Å². The molecule has 1 N–H and O–H groups in total. The first-order valence-corrected chi connectivity index (χ1v) is 8.16. The smallest absolute Gasteiger partial charge is 0.142 e. The summed E-state index contributed by atoms with van der Waals surface area (Å²) < 4.78 is 19.5. The topological polar surface area (TPSA) is 21.3 Å². The highest BCUT2D eigenvalue weighted by atomic mass is 35.5. The van der Waals surface area contributed by atoms with Gasteiger partial charge in [0.1, 0.15) is 5.82 Å². The zero-order valence-corrected chi connectivity index (χ0v) is 14.2. The summed E-state index contributed by atoms with van der Waals surface area (Å²) in [6, 6.07) is 5.20. The lowest BCUT2D eigenvalue weighted by Gasteiger charge is -2.31. The minimum atomic E-state index is -0.360.